The van der Waals surface area contributed by atoms with Crippen LogP contribution in [0.4, 0.5) is 0 Å². The van der Waals surface area contributed by atoms with Crippen LogP contribution in [0.15, 0.2) is 0 Å². The van der Waals surface area contributed by atoms with Crippen LogP contribution in [0.3, 0.4) is 0 Å². The first-order valence-corrected chi connectivity index (χ1v) is 6.64. The molecule has 15 heavy (non-hydrogen) atoms. The average Bonchev–Trinajstić information content (AvgIpc) is 2.25. The monoisotopic (exact) mass is 215 g/mol. The van der Waals surface area contributed by atoms with E-state index in [1.807, 2.05) is 0 Å². The SMILES string of the molecule is CCCCCCCC(O)CN(CC)CC. The highest BCUT2D eigenvalue weighted by Gasteiger charge is 2.07. The molecule has 0 aromatic carbocycles. The van der Waals surface area contributed by atoms with E-state index < -0.39 is 0 Å². The van der Waals surface area contributed by atoms with Crippen LogP contribution < -0.4 is 0 Å². The molecule has 0 rings (SSSR count). The highest BCUT2D eigenvalue weighted by Crippen LogP contribution is 2.08. The van der Waals surface area contributed by atoms with Crippen molar-refractivity contribution in [2.24, 2.45) is 0 Å². The maximum atomic E-state index is 9.80. The van der Waals surface area contributed by atoms with Crippen molar-refractivity contribution in [3.63, 3.8) is 0 Å². The van der Waals surface area contributed by atoms with Gasteiger partial charge in [-0.05, 0) is 19.5 Å². The molecule has 0 aromatic rings. The van der Waals surface area contributed by atoms with E-state index in [-0.39, 0.29) is 6.10 Å². The van der Waals surface area contributed by atoms with Crippen molar-refractivity contribution in [3.05, 3.63) is 0 Å². The minimum absolute atomic E-state index is 0.119. The second kappa shape index (κ2) is 10.4. The fourth-order valence-electron chi connectivity index (χ4n) is 1.85. The minimum atomic E-state index is -0.119. The van der Waals surface area contributed by atoms with E-state index in [4.69, 9.17) is 0 Å². The molecule has 0 saturated heterocycles. The molecule has 1 N–H and O–H groups in total. The van der Waals surface area contributed by atoms with Gasteiger partial charge in [0.15, 0.2) is 0 Å². The van der Waals surface area contributed by atoms with E-state index >= 15 is 0 Å². The van der Waals surface area contributed by atoms with Gasteiger partial charge in [0.05, 0.1) is 6.10 Å². The summed E-state index contributed by atoms with van der Waals surface area (Å²) >= 11 is 0. The van der Waals surface area contributed by atoms with Gasteiger partial charge in [-0.3, -0.25) is 0 Å². The molecule has 0 aromatic heterocycles. The number of hydrogen-bond acceptors (Lipinski definition) is 2. The Labute approximate surface area is 95.7 Å². The second-order valence-electron chi connectivity index (χ2n) is 4.34. The summed E-state index contributed by atoms with van der Waals surface area (Å²) in [6.45, 7) is 9.47. The molecule has 0 heterocycles. The van der Waals surface area contributed by atoms with Gasteiger partial charge >= 0.3 is 0 Å². The summed E-state index contributed by atoms with van der Waals surface area (Å²) in [5.41, 5.74) is 0. The third-order valence-corrected chi connectivity index (χ3v) is 3.00. The van der Waals surface area contributed by atoms with E-state index in [0.717, 1.165) is 26.1 Å². The largest absolute Gasteiger partial charge is 0.392 e. The molecule has 0 fully saturated rings. The summed E-state index contributed by atoms with van der Waals surface area (Å²) in [6.07, 6.45) is 7.28. The quantitative estimate of drug-likeness (QED) is 0.566. The Balaban J connectivity index is 3.35. The van der Waals surface area contributed by atoms with Crippen LogP contribution >= 0.6 is 0 Å². The van der Waals surface area contributed by atoms with E-state index in [1.165, 1.54) is 32.1 Å². The summed E-state index contributed by atoms with van der Waals surface area (Å²) in [5.74, 6) is 0. The van der Waals surface area contributed by atoms with Crippen LogP contribution in [0.25, 0.3) is 0 Å². The summed E-state index contributed by atoms with van der Waals surface area (Å²) in [6, 6.07) is 0. The summed E-state index contributed by atoms with van der Waals surface area (Å²) in [5, 5.41) is 9.80. The van der Waals surface area contributed by atoms with Crippen molar-refractivity contribution < 1.29 is 5.11 Å². The molecule has 92 valence electrons. The number of rotatable bonds is 10. The maximum Gasteiger partial charge on any atom is 0.0667 e. The van der Waals surface area contributed by atoms with Crippen LogP contribution in [0.2, 0.25) is 0 Å². The molecular formula is C13H29NO. The molecule has 1 atom stereocenters. The zero-order chi connectivity index (χ0) is 11.5. The van der Waals surface area contributed by atoms with Crippen molar-refractivity contribution in [2.75, 3.05) is 19.6 Å². The van der Waals surface area contributed by atoms with Gasteiger partial charge in [0.25, 0.3) is 0 Å². The van der Waals surface area contributed by atoms with Crippen LogP contribution in [0, 0.1) is 0 Å². The lowest BCUT2D eigenvalue weighted by molar-refractivity contribution is 0.108. The third-order valence-electron chi connectivity index (χ3n) is 3.00. The Morgan fingerprint density at radius 1 is 0.933 bits per heavy atom. The first-order chi connectivity index (χ1) is 7.24. The smallest absolute Gasteiger partial charge is 0.0667 e. The van der Waals surface area contributed by atoms with Gasteiger partial charge < -0.3 is 10.0 Å². The molecule has 0 amide bonds. The van der Waals surface area contributed by atoms with Crippen LogP contribution in [0.1, 0.15) is 59.3 Å². The Bertz CT molecular complexity index is 124. The summed E-state index contributed by atoms with van der Waals surface area (Å²) in [7, 11) is 0. The number of nitrogens with zero attached hydrogens (tertiary/aromatic N) is 1. The predicted octanol–water partition coefficient (Wildman–Crippen LogP) is 3.05. The van der Waals surface area contributed by atoms with Crippen molar-refractivity contribution in [2.45, 2.75) is 65.4 Å². The van der Waals surface area contributed by atoms with Crippen molar-refractivity contribution in [1.29, 1.82) is 0 Å². The first kappa shape index (κ1) is 14.9. The lowest BCUT2D eigenvalue weighted by atomic mass is 10.1. The molecule has 0 saturated carbocycles. The van der Waals surface area contributed by atoms with Gasteiger partial charge in [-0.1, -0.05) is 52.9 Å². The highest BCUT2D eigenvalue weighted by atomic mass is 16.3. The fraction of sp³-hybridized carbons (Fsp3) is 1.00. The average molecular weight is 215 g/mol. The van der Waals surface area contributed by atoms with Crippen LogP contribution in [-0.4, -0.2) is 35.7 Å². The minimum Gasteiger partial charge on any atom is -0.392 e. The summed E-state index contributed by atoms with van der Waals surface area (Å²) in [4.78, 5) is 2.29. The predicted molar refractivity (Wildman–Crippen MR) is 67.2 cm³/mol. The molecule has 0 aliphatic carbocycles. The van der Waals surface area contributed by atoms with Crippen molar-refractivity contribution in [1.82, 2.24) is 4.90 Å². The van der Waals surface area contributed by atoms with E-state index in [9.17, 15) is 5.11 Å². The molecule has 0 bridgehead atoms. The zero-order valence-electron chi connectivity index (χ0n) is 10.8. The van der Waals surface area contributed by atoms with Gasteiger partial charge in [0.1, 0.15) is 0 Å². The fourth-order valence-corrected chi connectivity index (χ4v) is 1.85. The Morgan fingerprint density at radius 3 is 2.07 bits per heavy atom. The van der Waals surface area contributed by atoms with Gasteiger partial charge in [0.2, 0.25) is 0 Å². The molecule has 2 heteroatoms. The third kappa shape index (κ3) is 8.88. The van der Waals surface area contributed by atoms with Crippen LogP contribution in [-0.2, 0) is 0 Å². The normalized spacial score (nSPS) is 13.4. The van der Waals surface area contributed by atoms with Gasteiger partial charge in [-0.15, -0.1) is 0 Å². The molecular weight excluding hydrogens is 186 g/mol. The molecule has 0 spiro atoms. The lowest BCUT2D eigenvalue weighted by Crippen LogP contribution is -2.32. The zero-order valence-corrected chi connectivity index (χ0v) is 10.8. The van der Waals surface area contributed by atoms with E-state index in [2.05, 4.69) is 25.7 Å². The second-order valence-corrected chi connectivity index (χ2v) is 4.34. The highest BCUT2D eigenvalue weighted by molar-refractivity contribution is 4.62. The lowest BCUT2D eigenvalue weighted by Gasteiger charge is -2.21. The topological polar surface area (TPSA) is 23.5 Å². The maximum absolute atomic E-state index is 9.80. The number of aliphatic hydroxyl groups is 1. The van der Waals surface area contributed by atoms with Gasteiger partial charge in [-0.2, -0.15) is 0 Å². The van der Waals surface area contributed by atoms with Crippen LogP contribution in [0.5, 0.6) is 0 Å². The van der Waals surface area contributed by atoms with Gasteiger partial charge in [0, 0.05) is 6.54 Å². The Morgan fingerprint density at radius 2 is 1.53 bits per heavy atom. The molecule has 2 nitrogen and oxygen atoms in total. The first-order valence-electron chi connectivity index (χ1n) is 6.64. The van der Waals surface area contributed by atoms with Gasteiger partial charge in [-0.25, -0.2) is 0 Å². The number of unbranched alkanes of at least 4 members (excludes halogenated alkanes) is 4. The Hall–Kier alpha value is -0.0800. The van der Waals surface area contributed by atoms with E-state index in [1.54, 1.807) is 0 Å². The molecule has 0 radical (unpaired) electrons. The van der Waals surface area contributed by atoms with Crippen molar-refractivity contribution >= 4 is 0 Å². The van der Waals surface area contributed by atoms with Crippen molar-refractivity contribution in [3.8, 4) is 0 Å². The summed E-state index contributed by atoms with van der Waals surface area (Å²) < 4.78 is 0. The number of aliphatic hydroxyl groups excluding tert-OH is 1. The standard InChI is InChI=1S/C13H29NO/c1-4-7-8-9-10-11-13(15)12-14(5-2)6-3/h13,15H,4-12H2,1-3H3. The molecule has 0 aliphatic heterocycles. The Kier molecular flexibility index (Phi) is 10.4. The number of hydrogen-bond donors (Lipinski definition) is 1. The molecule has 1 unspecified atom stereocenters. The number of likely N-dealkylation sites (N-methyl/N-ethyl adjacent to an activating group) is 1. The molecule has 0 aliphatic rings. The van der Waals surface area contributed by atoms with E-state index in [0.29, 0.717) is 0 Å².